The minimum Gasteiger partial charge on any atom is -0.480 e. The molecule has 9 nitrogen and oxygen atoms in total. The molecule has 0 unspecified atom stereocenters. The molecule has 1 aliphatic heterocycles. The summed E-state index contributed by atoms with van der Waals surface area (Å²) in [5.74, 6) is 0.142. The first-order valence-corrected chi connectivity index (χ1v) is 7.93. The van der Waals surface area contributed by atoms with E-state index in [0.29, 0.717) is 5.56 Å². The Balaban J connectivity index is 1.77. The van der Waals surface area contributed by atoms with E-state index < -0.39 is 24.9 Å². The van der Waals surface area contributed by atoms with Gasteiger partial charge in [0.05, 0.1) is 38.6 Å². The van der Waals surface area contributed by atoms with E-state index in [4.69, 9.17) is 9.47 Å². The number of alkyl halides is 4. The lowest BCUT2D eigenvalue weighted by Crippen LogP contribution is -2.66. The summed E-state index contributed by atoms with van der Waals surface area (Å²) >= 11 is 0. The van der Waals surface area contributed by atoms with Crippen molar-refractivity contribution in [3.63, 3.8) is 0 Å². The summed E-state index contributed by atoms with van der Waals surface area (Å²) in [6, 6.07) is 1.53. The summed E-state index contributed by atoms with van der Waals surface area (Å²) in [5, 5.41) is 8.18. The van der Waals surface area contributed by atoms with Crippen molar-refractivity contribution in [1.82, 2.24) is 29.8 Å². The molecular weight excluding hydrogens is 386 g/mol. The molecule has 3 aromatic heterocycles. The van der Waals surface area contributed by atoms with Gasteiger partial charge in [-0.25, -0.2) is 14.4 Å². The van der Waals surface area contributed by atoms with Gasteiger partial charge in [-0.05, 0) is 6.07 Å². The third kappa shape index (κ3) is 2.73. The Kier molecular flexibility index (Phi) is 3.97. The quantitative estimate of drug-likeness (QED) is 0.613. The number of fused-ring (bicyclic) bond motifs is 1. The minimum atomic E-state index is -4.95. The molecular formula is C15H13F4N7O2. The molecule has 0 N–H and O–H groups in total. The number of aromatic nitrogens is 6. The van der Waals surface area contributed by atoms with Gasteiger partial charge in [0.25, 0.3) is 0 Å². The number of hydrogen-bond donors (Lipinski definition) is 0. The van der Waals surface area contributed by atoms with E-state index in [1.54, 1.807) is 0 Å². The van der Waals surface area contributed by atoms with Gasteiger partial charge in [-0.3, -0.25) is 0 Å². The van der Waals surface area contributed by atoms with Crippen LogP contribution >= 0.6 is 0 Å². The average Bonchev–Trinajstić information content (AvgIpc) is 3.11. The van der Waals surface area contributed by atoms with Crippen molar-refractivity contribution < 1.29 is 27.0 Å². The van der Waals surface area contributed by atoms with Crippen LogP contribution in [0.5, 0.6) is 11.9 Å². The maximum Gasteiger partial charge on any atom is 0.426 e. The van der Waals surface area contributed by atoms with Crippen molar-refractivity contribution in [2.75, 3.05) is 32.2 Å². The first kappa shape index (κ1) is 18.1. The molecule has 1 fully saturated rings. The molecule has 13 heteroatoms. The molecule has 0 saturated carbocycles. The van der Waals surface area contributed by atoms with Crippen LogP contribution in [-0.2, 0) is 0 Å². The van der Waals surface area contributed by atoms with Crippen LogP contribution in [-0.4, -0.2) is 68.9 Å². The molecule has 0 amide bonds. The molecule has 1 aliphatic rings. The zero-order chi connectivity index (χ0) is 20.1. The highest BCUT2D eigenvalue weighted by Gasteiger charge is 2.63. The Morgan fingerprint density at radius 3 is 2.54 bits per heavy atom. The smallest absolute Gasteiger partial charge is 0.426 e. The molecule has 0 aliphatic carbocycles. The van der Waals surface area contributed by atoms with Gasteiger partial charge in [0, 0.05) is 6.20 Å². The maximum absolute atomic E-state index is 14.0. The number of anilines is 1. The second-order valence-corrected chi connectivity index (χ2v) is 6.09. The van der Waals surface area contributed by atoms with E-state index in [-0.39, 0.29) is 28.9 Å². The molecule has 0 radical (unpaired) electrons. The highest BCUT2D eigenvalue weighted by molar-refractivity contribution is 5.76. The normalized spacial score (nSPS) is 16.1. The third-order valence-corrected chi connectivity index (χ3v) is 4.35. The van der Waals surface area contributed by atoms with Crippen LogP contribution in [0.25, 0.3) is 16.9 Å². The predicted molar refractivity (Wildman–Crippen MR) is 87.0 cm³/mol. The van der Waals surface area contributed by atoms with Crippen LogP contribution in [0.4, 0.5) is 23.2 Å². The lowest BCUT2D eigenvalue weighted by molar-refractivity contribution is -0.237. The van der Waals surface area contributed by atoms with Crippen molar-refractivity contribution >= 4 is 11.3 Å². The first-order valence-electron chi connectivity index (χ1n) is 7.93. The number of rotatable bonds is 4. The summed E-state index contributed by atoms with van der Waals surface area (Å²) < 4.78 is 63.9. The molecule has 28 heavy (non-hydrogen) atoms. The van der Waals surface area contributed by atoms with Crippen molar-refractivity contribution in [2.24, 2.45) is 0 Å². The third-order valence-electron chi connectivity index (χ3n) is 4.35. The van der Waals surface area contributed by atoms with Crippen molar-refractivity contribution in [1.29, 1.82) is 0 Å². The lowest BCUT2D eigenvalue weighted by atomic mass is 9.95. The SMILES string of the molecule is COc1ncc(-c2cc(N3CC(F)(C(F)(F)F)C3)c3ncnn3n2)c(OC)n1. The second-order valence-electron chi connectivity index (χ2n) is 6.09. The zero-order valence-electron chi connectivity index (χ0n) is 14.6. The first-order chi connectivity index (χ1) is 13.3. The summed E-state index contributed by atoms with van der Waals surface area (Å²) in [6.45, 7) is -1.70. The predicted octanol–water partition coefficient (Wildman–Crippen LogP) is 1.69. The minimum absolute atomic E-state index is 0.0674. The highest BCUT2D eigenvalue weighted by Crippen LogP contribution is 2.44. The molecule has 3 aromatic rings. The standard InChI is InChI=1S/C15H13F4N7O2/c1-27-12-8(4-20-13(23-12)28-2)9-3-10(11-21-7-22-26(11)24-9)25-5-14(16,6-25)15(17,18)19/h3-4,7H,5-6H2,1-2H3. The van der Waals surface area contributed by atoms with Crippen LogP contribution in [0.3, 0.4) is 0 Å². The average molecular weight is 399 g/mol. The van der Waals surface area contributed by atoms with Crippen LogP contribution < -0.4 is 14.4 Å². The number of methoxy groups -OCH3 is 2. The maximum atomic E-state index is 14.0. The summed E-state index contributed by atoms with van der Waals surface area (Å²) in [4.78, 5) is 13.3. The Bertz CT molecular complexity index is 1030. The second kappa shape index (κ2) is 6.14. The lowest BCUT2D eigenvalue weighted by Gasteiger charge is -2.46. The molecule has 0 bridgehead atoms. The van der Waals surface area contributed by atoms with E-state index in [1.807, 2.05) is 0 Å². The van der Waals surface area contributed by atoms with Crippen molar-refractivity contribution in [3.8, 4) is 23.1 Å². The van der Waals surface area contributed by atoms with Gasteiger partial charge in [-0.15, -0.1) is 14.8 Å². The van der Waals surface area contributed by atoms with Crippen molar-refractivity contribution in [3.05, 3.63) is 18.6 Å². The molecule has 148 valence electrons. The highest BCUT2D eigenvalue weighted by atomic mass is 19.4. The van der Waals surface area contributed by atoms with E-state index >= 15 is 0 Å². The monoisotopic (exact) mass is 399 g/mol. The van der Waals surface area contributed by atoms with Gasteiger partial charge in [0.15, 0.2) is 5.65 Å². The topological polar surface area (TPSA) is 90.6 Å². The van der Waals surface area contributed by atoms with E-state index in [2.05, 4.69) is 25.1 Å². The molecule has 0 spiro atoms. The van der Waals surface area contributed by atoms with Gasteiger partial charge >= 0.3 is 12.2 Å². The Morgan fingerprint density at radius 1 is 1.14 bits per heavy atom. The summed E-state index contributed by atoms with van der Waals surface area (Å²) in [5.41, 5.74) is -2.21. The van der Waals surface area contributed by atoms with E-state index in [0.717, 1.165) is 4.63 Å². The number of halogens is 4. The Labute approximate surface area is 154 Å². The zero-order valence-corrected chi connectivity index (χ0v) is 14.6. The largest absolute Gasteiger partial charge is 0.480 e. The van der Waals surface area contributed by atoms with Gasteiger partial charge in [-0.1, -0.05) is 0 Å². The number of hydrogen-bond acceptors (Lipinski definition) is 8. The number of ether oxygens (including phenoxy) is 2. The molecule has 0 atom stereocenters. The number of nitrogens with zero attached hydrogens (tertiary/aromatic N) is 7. The molecule has 4 heterocycles. The van der Waals surface area contributed by atoms with Gasteiger partial charge in [0.2, 0.25) is 11.5 Å². The summed E-state index contributed by atoms with van der Waals surface area (Å²) in [6.07, 6.45) is -2.36. The van der Waals surface area contributed by atoms with Crippen molar-refractivity contribution in [2.45, 2.75) is 11.8 Å². The van der Waals surface area contributed by atoms with E-state index in [9.17, 15) is 17.6 Å². The van der Waals surface area contributed by atoms with Crippen LogP contribution in [0.1, 0.15) is 0 Å². The van der Waals surface area contributed by atoms with Gasteiger partial charge < -0.3 is 14.4 Å². The fraction of sp³-hybridized carbons (Fsp3) is 0.400. The molecule has 4 rings (SSSR count). The Hall–Kier alpha value is -3.25. The van der Waals surface area contributed by atoms with Crippen LogP contribution in [0.15, 0.2) is 18.6 Å². The summed E-state index contributed by atoms with van der Waals surface area (Å²) in [7, 11) is 2.77. The van der Waals surface area contributed by atoms with Gasteiger partial charge in [0.1, 0.15) is 12.0 Å². The fourth-order valence-corrected chi connectivity index (χ4v) is 2.86. The van der Waals surface area contributed by atoms with E-state index in [1.165, 1.54) is 37.7 Å². The van der Waals surface area contributed by atoms with Gasteiger partial charge in [-0.2, -0.15) is 18.2 Å². The van der Waals surface area contributed by atoms with Crippen LogP contribution in [0.2, 0.25) is 0 Å². The molecule has 1 saturated heterocycles. The fourth-order valence-electron chi connectivity index (χ4n) is 2.86. The Morgan fingerprint density at radius 2 is 1.89 bits per heavy atom. The molecule has 0 aromatic carbocycles. The van der Waals surface area contributed by atoms with Crippen LogP contribution in [0, 0.1) is 0 Å².